The van der Waals surface area contributed by atoms with Gasteiger partial charge in [0.1, 0.15) is 0 Å². The SMILES string of the molecule is Cc1cccc(C)c1NC(=O)CN(C)C(=O)CN[C@@H](C)c1ccc(F)c(F)c1. The van der Waals surface area contributed by atoms with Crippen molar-refractivity contribution < 1.29 is 18.4 Å². The highest BCUT2D eigenvalue weighted by Gasteiger charge is 2.16. The molecule has 0 radical (unpaired) electrons. The highest BCUT2D eigenvalue weighted by Crippen LogP contribution is 2.19. The summed E-state index contributed by atoms with van der Waals surface area (Å²) in [5.74, 6) is -2.42. The maximum absolute atomic E-state index is 13.3. The lowest BCUT2D eigenvalue weighted by molar-refractivity contribution is -0.132. The third-order valence-corrected chi connectivity index (χ3v) is 4.56. The third-order valence-electron chi connectivity index (χ3n) is 4.56. The van der Waals surface area contributed by atoms with Crippen LogP contribution in [-0.4, -0.2) is 36.9 Å². The molecule has 28 heavy (non-hydrogen) atoms. The highest BCUT2D eigenvalue weighted by atomic mass is 19.2. The highest BCUT2D eigenvalue weighted by molar-refractivity contribution is 5.95. The molecule has 2 N–H and O–H groups in total. The second kappa shape index (κ2) is 9.41. The summed E-state index contributed by atoms with van der Waals surface area (Å²) in [6, 6.07) is 8.98. The van der Waals surface area contributed by atoms with Crippen LogP contribution in [-0.2, 0) is 9.59 Å². The van der Waals surface area contributed by atoms with Gasteiger partial charge in [0.2, 0.25) is 11.8 Å². The predicted octanol–water partition coefficient (Wildman–Crippen LogP) is 3.33. The number of amides is 2. The molecule has 0 aliphatic heterocycles. The lowest BCUT2D eigenvalue weighted by Crippen LogP contribution is -2.40. The van der Waals surface area contributed by atoms with Crippen molar-refractivity contribution in [3.63, 3.8) is 0 Å². The smallest absolute Gasteiger partial charge is 0.243 e. The van der Waals surface area contributed by atoms with Crippen molar-refractivity contribution in [2.75, 3.05) is 25.5 Å². The fourth-order valence-corrected chi connectivity index (χ4v) is 2.77. The van der Waals surface area contributed by atoms with Crippen molar-refractivity contribution >= 4 is 17.5 Å². The largest absolute Gasteiger partial charge is 0.335 e. The Balaban J connectivity index is 1.86. The molecule has 7 heteroatoms. The van der Waals surface area contributed by atoms with Crippen molar-refractivity contribution in [3.05, 3.63) is 64.7 Å². The van der Waals surface area contributed by atoms with E-state index in [-0.39, 0.29) is 30.9 Å². The van der Waals surface area contributed by atoms with Gasteiger partial charge in [0.05, 0.1) is 13.1 Å². The summed E-state index contributed by atoms with van der Waals surface area (Å²) in [4.78, 5) is 25.8. The number of nitrogens with one attached hydrogen (secondary N) is 2. The molecular formula is C21H25F2N3O2. The zero-order valence-corrected chi connectivity index (χ0v) is 16.5. The average Bonchev–Trinajstić information content (AvgIpc) is 2.64. The van der Waals surface area contributed by atoms with Gasteiger partial charge in [0, 0.05) is 18.8 Å². The monoisotopic (exact) mass is 389 g/mol. The van der Waals surface area contributed by atoms with Gasteiger partial charge in [-0.15, -0.1) is 0 Å². The van der Waals surface area contributed by atoms with Crippen LogP contribution in [0.2, 0.25) is 0 Å². The first-order chi connectivity index (χ1) is 13.2. The summed E-state index contributed by atoms with van der Waals surface area (Å²) < 4.78 is 26.3. The third kappa shape index (κ3) is 5.60. The Morgan fingerprint density at radius 2 is 1.71 bits per heavy atom. The predicted molar refractivity (Wildman–Crippen MR) is 105 cm³/mol. The van der Waals surface area contributed by atoms with Gasteiger partial charge in [-0.1, -0.05) is 24.3 Å². The Kier molecular flexibility index (Phi) is 7.23. The van der Waals surface area contributed by atoms with Crippen LogP contribution in [0, 0.1) is 25.5 Å². The summed E-state index contributed by atoms with van der Waals surface area (Å²) in [6.07, 6.45) is 0. The van der Waals surface area contributed by atoms with E-state index < -0.39 is 11.6 Å². The van der Waals surface area contributed by atoms with E-state index in [1.165, 1.54) is 18.0 Å². The number of hydrogen-bond acceptors (Lipinski definition) is 3. The van der Waals surface area contributed by atoms with Crippen molar-refractivity contribution in [3.8, 4) is 0 Å². The number of aryl methyl sites for hydroxylation is 2. The van der Waals surface area contributed by atoms with Crippen LogP contribution in [0.4, 0.5) is 14.5 Å². The molecule has 0 bridgehead atoms. The number of hydrogen-bond donors (Lipinski definition) is 2. The first-order valence-electron chi connectivity index (χ1n) is 8.97. The van der Waals surface area contributed by atoms with Gasteiger partial charge in [0.15, 0.2) is 11.6 Å². The van der Waals surface area contributed by atoms with E-state index in [0.29, 0.717) is 5.56 Å². The molecule has 0 aliphatic rings. The van der Waals surface area contributed by atoms with Gasteiger partial charge in [-0.3, -0.25) is 9.59 Å². The zero-order valence-electron chi connectivity index (χ0n) is 16.5. The van der Waals surface area contributed by atoms with Crippen molar-refractivity contribution in [1.82, 2.24) is 10.2 Å². The summed E-state index contributed by atoms with van der Waals surface area (Å²) in [5, 5.41) is 5.79. The van der Waals surface area contributed by atoms with Gasteiger partial charge >= 0.3 is 0 Å². The molecule has 0 heterocycles. The quantitative estimate of drug-likeness (QED) is 0.764. The second-order valence-electron chi connectivity index (χ2n) is 6.84. The molecule has 0 unspecified atom stereocenters. The minimum atomic E-state index is -0.933. The minimum absolute atomic E-state index is 0.0344. The van der Waals surface area contributed by atoms with Crippen LogP contribution in [0.1, 0.15) is 29.7 Å². The van der Waals surface area contributed by atoms with E-state index >= 15 is 0 Å². The normalized spacial score (nSPS) is 11.8. The number of anilines is 1. The maximum atomic E-state index is 13.3. The fraction of sp³-hybridized carbons (Fsp3) is 0.333. The van der Waals surface area contributed by atoms with Crippen LogP contribution in [0.15, 0.2) is 36.4 Å². The van der Waals surface area contributed by atoms with E-state index in [1.807, 2.05) is 32.0 Å². The van der Waals surface area contributed by atoms with Gasteiger partial charge in [-0.05, 0) is 49.6 Å². The fourth-order valence-electron chi connectivity index (χ4n) is 2.77. The molecule has 0 spiro atoms. The summed E-state index contributed by atoms with van der Waals surface area (Å²) in [6.45, 7) is 5.43. The Bertz CT molecular complexity index is 850. The number of likely N-dealkylation sites (N-methyl/N-ethyl adjacent to an activating group) is 1. The number of carbonyl (C=O) groups excluding carboxylic acids is 2. The number of halogens is 2. The lowest BCUT2D eigenvalue weighted by Gasteiger charge is -2.20. The van der Waals surface area contributed by atoms with Crippen LogP contribution < -0.4 is 10.6 Å². The topological polar surface area (TPSA) is 61.4 Å². The number of carbonyl (C=O) groups is 2. The molecule has 150 valence electrons. The van der Waals surface area contributed by atoms with E-state index in [0.717, 1.165) is 28.9 Å². The number of para-hydroxylation sites is 1. The first-order valence-corrected chi connectivity index (χ1v) is 8.97. The van der Waals surface area contributed by atoms with E-state index in [4.69, 9.17) is 0 Å². The summed E-state index contributed by atoms with van der Waals surface area (Å²) in [5.41, 5.74) is 3.18. The van der Waals surface area contributed by atoms with Gasteiger partial charge in [-0.2, -0.15) is 0 Å². The van der Waals surface area contributed by atoms with Crippen molar-refractivity contribution in [1.29, 1.82) is 0 Å². The molecule has 0 aromatic heterocycles. The van der Waals surface area contributed by atoms with Crippen molar-refractivity contribution in [2.45, 2.75) is 26.8 Å². The van der Waals surface area contributed by atoms with Crippen molar-refractivity contribution in [2.24, 2.45) is 0 Å². The first kappa shape index (κ1) is 21.5. The zero-order chi connectivity index (χ0) is 20.8. The Labute approximate surface area is 163 Å². The molecule has 0 fully saturated rings. The van der Waals surface area contributed by atoms with Crippen LogP contribution in [0.3, 0.4) is 0 Å². The van der Waals surface area contributed by atoms with E-state index in [2.05, 4.69) is 10.6 Å². The van der Waals surface area contributed by atoms with Gasteiger partial charge in [0.25, 0.3) is 0 Å². The molecule has 0 saturated carbocycles. The second-order valence-corrected chi connectivity index (χ2v) is 6.84. The Morgan fingerprint density at radius 1 is 1.07 bits per heavy atom. The molecule has 0 saturated heterocycles. The average molecular weight is 389 g/mol. The van der Waals surface area contributed by atoms with Crippen LogP contribution in [0.5, 0.6) is 0 Å². The van der Waals surface area contributed by atoms with Crippen LogP contribution >= 0.6 is 0 Å². The molecule has 2 amide bonds. The Morgan fingerprint density at radius 3 is 2.32 bits per heavy atom. The van der Waals surface area contributed by atoms with E-state index in [9.17, 15) is 18.4 Å². The molecular weight excluding hydrogens is 364 g/mol. The molecule has 1 atom stereocenters. The molecule has 0 aliphatic carbocycles. The van der Waals surface area contributed by atoms with E-state index in [1.54, 1.807) is 6.92 Å². The standard InChI is InChI=1S/C21H25F2N3O2/c1-13-6-5-7-14(2)21(13)25-19(27)12-26(4)20(28)11-24-15(3)16-8-9-17(22)18(23)10-16/h5-10,15,24H,11-12H2,1-4H3,(H,25,27)/t15-/m0/s1. The van der Waals surface area contributed by atoms with Gasteiger partial charge < -0.3 is 15.5 Å². The summed E-state index contributed by atoms with van der Waals surface area (Å²) >= 11 is 0. The molecule has 5 nitrogen and oxygen atoms in total. The molecule has 2 aromatic carbocycles. The maximum Gasteiger partial charge on any atom is 0.243 e. The van der Waals surface area contributed by atoms with Crippen LogP contribution in [0.25, 0.3) is 0 Å². The number of rotatable bonds is 7. The summed E-state index contributed by atoms with van der Waals surface area (Å²) in [7, 11) is 1.54. The molecule has 2 aromatic rings. The van der Waals surface area contributed by atoms with Gasteiger partial charge in [-0.25, -0.2) is 8.78 Å². The lowest BCUT2D eigenvalue weighted by atomic mass is 10.1. The minimum Gasteiger partial charge on any atom is -0.335 e. The Hall–Kier alpha value is -2.80. The number of benzene rings is 2. The number of nitrogens with zero attached hydrogens (tertiary/aromatic N) is 1. The molecule has 2 rings (SSSR count).